The van der Waals surface area contributed by atoms with E-state index in [0.717, 1.165) is 113 Å². The summed E-state index contributed by atoms with van der Waals surface area (Å²) >= 11 is 1.58. The number of aliphatic hydroxyl groups excluding tert-OH is 1. The molecule has 3 heterocycles. The van der Waals surface area contributed by atoms with Gasteiger partial charge in [0.1, 0.15) is 35.9 Å². The van der Waals surface area contributed by atoms with Gasteiger partial charge in [0.15, 0.2) is 0 Å². The molecule has 0 spiro atoms. The van der Waals surface area contributed by atoms with Crippen LogP contribution in [0.5, 0.6) is 17.2 Å². The number of unbranched alkanes of at least 4 members (excludes halogenated alkanes) is 5. The fourth-order valence-electron chi connectivity index (χ4n) is 10.0. The van der Waals surface area contributed by atoms with E-state index in [4.69, 9.17) is 4.74 Å². The number of carbonyl (C=O) groups is 4. The number of hydrogen-bond acceptors (Lipinski definition) is 11. The quantitative estimate of drug-likeness (QED) is 0.0312. The zero-order valence-corrected chi connectivity index (χ0v) is 45.2. The number of rotatable bonds is 23. The van der Waals surface area contributed by atoms with E-state index in [1.807, 2.05) is 98.8 Å². The number of β-amino-alcohol motifs (C(OH)–C–C–N with tert-alkyl or cyclic N) is 1. The number of aromatic hydroxyl groups is 2. The van der Waals surface area contributed by atoms with Crippen LogP contribution in [0.1, 0.15) is 120 Å². The number of aryl methyl sites for hydroxylation is 1. The van der Waals surface area contributed by atoms with Crippen molar-refractivity contribution in [2.45, 2.75) is 124 Å². The number of piperazine rings is 1. The van der Waals surface area contributed by atoms with Crippen LogP contribution in [0.2, 0.25) is 0 Å². The van der Waals surface area contributed by atoms with E-state index in [-0.39, 0.29) is 61.1 Å². The summed E-state index contributed by atoms with van der Waals surface area (Å²) in [5.74, 6) is 0.475. The Morgan fingerprint density at radius 1 is 0.773 bits per heavy atom. The molecular formula is C60H76N6O8S. The molecule has 2 saturated heterocycles. The van der Waals surface area contributed by atoms with Crippen LogP contribution in [0.15, 0.2) is 103 Å². The Kier molecular flexibility index (Phi) is 20.1. The number of amides is 4. The topological polar surface area (TPSA) is 185 Å². The van der Waals surface area contributed by atoms with Crippen LogP contribution in [0.3, 0.4) is 0 Å². The molecule has 15 heteroatoms. The van der Waals surface area contributed by atoms with Gasteiger partial charge in [-0.15, -0.1) is 11.3 Å². The van der Waals surface area contributed by atoms with Crippen molar-refractivity contribution < 1.29 is 39.2 Å². The second-order valence-electron chi connectivity index (χ2n) is 21.0. The minimum Gasteiger partial charge on any atom is -0.508 e. The van der Waals surface area contributed by atoms with Crippen LogP contribution in [-0.4, -0.2) is 123 Å². The van der Waals surface area contributed by atoms with Gasteiger partial charge in [-0.05, 0) is 107 Å². The van der Waals surface area contributed by atoms with Gasteiger partial charge in [-0.25, -0.2) is 4.98 Å². The maximum atomic E-state index is 14.0. The highest BCUT2D eigenvalue weighted by Gasteiger charge is 2.44. The lowest BCUT2D eigenvalue weighted by Gasteiger charge is -2.35. The van der Waals surface area contributed by atoms with Crippen molar-refractivity contribution in [1.29, 1.82) is 0 Å². The number of likely N-dealkylation sites (tertiary alicyclic amines) is 1. The average Bonchev–Trinajstić information content (AvgIpc) is 4.03. The van der Waals surface area contributed by atoms with Crippen molar-refractivity contribution >= 4 is 46.1 Å². The van der Waals surface area contributed by atoms with E-state index < -0.39 is 23.6 Å². The summed E-state index contributed by atoms with van der Waals surface area (Å²) in [7, 11) is 0. The first-order chi connectivity index (χ1) is 36.1. The second kappa shape index (κ2) is 26.8. The Morgan fingerprint density at radius 2 is 1.36 bits per heavy atom. The Balaban J connectivity index is 0.760. The fraction of sp³-hybridized carbons (Fsp3) is 0.450. The first-order valence-corrected chi connectivity index (χ1v) is 27.6. The smallest absolute Gasteiger partial charge is 0.246 e. The molecule has 4 amide bonds. The number of allylic oxidation sites excluding steroid dienone is 1. The normalized spacial score (nSPS) is 16.8. The Bertz CT molecular complexity index is 2690. The van der Waals surface area contributed by atoms with Gasteiger partial charge in [-0.3, -0.25) is 24.1 Å². The minimum atomic E-state index is -0.866. The first kappa shape index (κ1) is 56.2. The van der Waals surface area contributed by atoms with Crippen LogP contribution in [0, 0.1) is 12.3 Å². The number of nitrogens with one attached hydrogen (secondary N) is 2. The van der Waals surface area contributed by atoms with E-state index >= 15 is 0 Å². The van der Waals surface area contributed by atoms with Gasteiger partial charge in [0.25, 0.3) is 0 Å². The molecule has 1 aromatic heterocycles. The lowest BCUT2D eigenvalue weighted by atomic mass is 9.85. The SMILES string of the molecule is CCC(=C(c1ccc(O)cc1)c1ccc(OCCN2CCN(C(=O)CCCCCCCCC(=O)N[C@H](C(=O)N3C[C@H](O)C[C@H]3C(=O)NCc3ccc(-c4scnc4C)cc3)C(C)(C)C)CC2)cc1)c1ccc(O)cc1. The van der Waals surface area contributed by atoms with Gasteiger partial charge in [0, 0.05) is 65.1 Å². The molecule has 5 aromatic rings. The molecule has 4 aromatic carbocycles. The number of aromatic nitrogens is 1. The van der Waals surface area contributed by atoms with Crippen LogP contribution in [-0.2, 0) is 25.7 Å². The molecule has 5 N–H and O–H groups in total. The summed E-state index contributed by atoms with van der Waals surface area (Å²) in [4.78, 5) is 65.0. The molecule has 0 unspecified atom stereocenters. The summed E-state index contributed by atoms with van der Waals surface area (Å²) in [6, 6.07) is 28.8. The molecule has 2 aliphatic rings. The summed E-state index contributed by atoms with van der Waals surface area (Å²) in [6.45, 7) is 14.3. The van der Waals surface area contributed by atoms with Crippen LogP contribution in [0.25, 0.3) is 21.6 Å². The predicted molar refractivity (Wildman–Crippen MR) is 296 cm³/mol. The van der Waals surface area contributed by atoms with Crippen molar-refractivity contribution in [3.63, 3.8) is 0 Å². The van der Waals surface area contributed by atoms with E-state index in [0.29, 0.717) is 32.5 Å². The van der Waals surface area contributed by atoms with Gasteiger partial charge in [0.2, 0.25) is 23.6 Å². The molecule has 14 nitrogen and oxygen atoms in total. The highest BCUT2D eigenvalue weighted by molar-refractivity contribution is 7.13. The molecule has 400 valence electrons. The lowest BCUT2D eigenvalue weighted by Crippen LogP contribution is -2.57. The van der Waals surface area contributed by atoms with Crippen molar-refractivity contribution in [3.8, 4) is 27.7 Å². The van der Waals surface area contributed by atoms with Crippen molar-refractivity contribution in [2.24, 2.45) is 5.41 Å². The molecular weight excluding hydrogens is 965 g/mol. The highest BCUT2D eigenvalue weighted by atomic mass is 32.1. The van der Waals surface area contributed by atoms with Crippen molar-refractivity contribution in [2.75, 3.05) is 45.9 Å². The van der Waals surface area contributed by atoms with E-state index in [9.17, 15) is 34.5 Å². The summed E-state index contributed by atoms with van der Waals surface area (Å²) in [6.07, 6.45) is 6.10. The number of ether oxygens (including phenoxy) is 1. The highest BCUT2D eigenvalue weighted by Crippen LogP contribution is 2.36. The van der Waals surface area contributed by atoms with Crippen molar-refractivity contribution in [3.05, 3.63) is 131 Å². The maximum Gasteiger partial charge on any atom is 0.246 e. The lowest BCUT2D eigenvalue weighted by molar-refractivity contribution is -0.144. The Hall–Kier alpha value is -6.55. The van der Waals surface area contributed by atoms with Crippen LogP contribution >= 0.6 is 11.3 Å². The molecule has 7 rings (SSSR count). The molecule has 2 fully saturated rings. The number of phenols is 2. The molecule has 0 aliphatic carbocycles. The van der Waals surface area contributed by atoms with Gasteiger partial charge in [-0.2, -0.15) is 0 Å². The number of carbonyl (C=O) groups excluding carboxylic acids is 4. The minimum absolute atomic E-state index is 0.0234. The number of nitrogens with zero attached hydrogens (tertiary/aromatic N) is 4. The number of thiazole rings is 1. The number of phenolic OH excluding ortho intramolecular Hbond substituents is 2. The molecule has 0 radical (unpaired) electrons. The molecule has 2 aliphatic heterocycles. The standard InChI is InChI=1S/C60H76N6O8S/c1-6-51(43-19-25-47(67)26-20-43)55(44-21-27-48(68)28-22-44)45-23-29-50(30-24-45)74-36-35-64-31-33-65(34-32-64)54(71)14-12-10-8-7-9-11-13-53(70)63-57(60(3,4)5)59(73)66-39-49(69)37-52(66)58(72)61-38-42-15-17-46(18-16-42)56-41(2)62-40-75-56/h15-30,40,49,52,57,67-69H,6-14,31-39H2,1-5H3,(H,61,72)(H,63,70)/t49-,52+,57-/m1/s1. The van der Waals surface area contributed by atoms with Crippen LogP contribution in [0.4, 0.5) is 0 Å². The number of benzene rings is 4. The summed E-state index contributed by atoms with van der Waals surface area (Å²) in [5, 5.41) is 36.4. The van der Waals surface area contributed by atoms with Gasteiger partial charge in [-0.1, -0.05) is 114 Å². The summed E-state index contributed by atoms with van der Waals surface area (Å²) in [5.41, 5.74) is 9.34. The Morgan fingerprint density at radius 3 is 1.95 bits per heavy atom. The molecule has 0 bridgehead atoms. The monoisotopic (exact) mass is 1040 g/mol. The van der Waals surface area contributed by atoms with Gasteiger partial charge < -0.3 is 40.5 Å². The van der Waals surface area contributed by atoms with Gasteiger partial charge >= 0.3 is 0 Å². The number of aliphatic hydroxyl groups is 1. The van der Waals surface area contributed by atoms with Gasteiger partial charge in [0.05, 0.1) is 22.2 Å². The second-order valence-corrected chi connectivity index (χ2v) is 21.8. The van der Waals surface area contributed by atoms with Crippen LogP contribution < -0.4 is 15.4 Å². The average molecular weight is 1040 g/mol. The zero-order chi connectivity index (χ0) is 53.5. The third-order valence-electron chi connectivity index (χ3n) is 14.3. The zero-order valence-electron chi connectivity index (χ0n) is 44.4. The molecule has 0 saturated carbocycles. The van der Waals surface area contributed by atoms with E-state index in [1.165, 1.54) is 4.90 Å². The fourth-order valence-corrected chi connectivity index (χ4v) is 10.8. The molecule has 3 atom stereocenters. The van der Waals surface area contributed by atoms with E-state index in [2.05, 4.69) is 39.6 Å². The maximum absolute atomic E-state index is 14.0. The van der Waals surface area contributed by atoms with Crippen molar-refractivity contribution in [1.82, 2.24) is 30.3 Å². The van der Waals surface area contributed by atoms with E-state index in [1.54, 1.807) is 35.6 Å². The predicted octanol–water partition coefficient (Wildman–Crippen LogP) is 9.35. The first-order valence-electron chi connectivity index (χ1n) is 26.7. The number of hydrogen-bond donors (Lipinski definition) is 5. The summed E-state index contributed by atoms with van der Waals surface area (Å²) < 4.78 is 6.18. The Labute approximate surface area is 446 Å². The third-order valence-corrected chi connectivity index (χ3v) is 15.3. The molecule has 75 heavy (non-hydrogen) atoms. The third kappa shape index (κ3) is 15.7. The largest absolute Gasteiger partial charge is 0.508 e.